The van der Waals surface area contributed by atoms with Crippen LogP contribution in [-0.4, -0.2) is 0 Å². The molecule has 0 amide bonds. The van der Waals surface area contributed by atoms with Crippen LogP contribution in [0.15, 0.2) is 42.5 Å². The molecule has 0 atom stereocenters. The van der Waals surface area contributed by atoms with Crippen molar-refractivity contribution in [2.24, 2.45) is 0 Å². The molecule has 0 aromatic heterocycles. The third kappa shape index (κ3) is 2.59. The monoisotopic (exact) mass is 271 g/mol. The van der Waals surface area contributed by atoms with Crippen molar-refractivity contribution in [1.82, 2.24) is 0 Å². The highest BCUT2D eigenvalue weighted by Crippen LogP contribution is 2.38. The number of alkyl halides is 3. The molecule has 18 heavy (non-hydrogen) atoms. The molecule has 0 radical (unpaired) electrons. The SMILES string of the molecule is Nc1ccc(-c2ccc(Cl)cc2)c(C(F)(F)F)c1. The van der Waals surface area contributed by atoms with Crippen LogP contribution < -0.4 is 5.73 Å². The molecular weight excluding hydrogens is 263 g/mol. The smallest absolute Gasteiger partial charge is 0.399 e. The molecular formula is C13H9ClF3N. The van der Waals surface area contributed by atoms with Gasteiger partial charge in [-0.15, -0.1) is 0 Å². The summed E-state index contributed by atoms with van der Waals surface area (Å²) in [6.45, 7) is 0. The normalized spacial score (nSPS) is 11.6. The summed E-state index contributed by atoms with van der Waals surface area (Å²) in [5.41, 5.74) is 5.28. The van der Waals surface area contributed by atoms with Gasteiger partial charge in [0, 0.05) is 10.7 Å². The lowest BCUT2D eigenvalue weighted by Gasteiger charge is -2.13. The molecule has 0 spiro atoms. The van der Waals surface area contributed by atoms with Gasteiger partial charge < -0.3 is 5.73 Å². The minimum Gasteiger partial charge on any atom is -0.399 e. The number of hydrogen-bond acceptors (Lipinski definition) is 1. The highest BCUT2D eigenvalue weighted by Gasteiger charge is 2.33. The third-order valence-electron chi connectivity index (χ3n) is 2.50. The van der Waals surface area contributed by atoms with Crippen LogP contribution in [0.5, 0.6) is 0 Å². The molecule has 0 aliphatic heterocycles. The summed E-state index contributed by atoms with van der Waals surface area (Å²) in [5.74, 6) is 0. The maximum atomic E-state index is 12.9. The summed E-state index contributed by atoms with van der Waals surface area (Å²) in [4.78, 5) is 0. The van der Waals surface area contributed by atoms with E-state index in [2.05, 4.69) is 0 Å². The number of nitrogens with two attached hydrogens (primary N) is 1. The van der Waals surface area contributed by atoms with E-state index in [0.29, 0.717) is 10.6 Å². The Morgan fingerprint density at radius 1 is 0.944 bits per heavy atom. The summed E-state index contributed by atoms with van der Waals surface area (Å²) in [5, 5.41) is 0.475. The van der Waals surface area contributed by atoms with E-state index >= 15 is 0 Å². The minimum atomic E-state index is -4.44. The minimum absolute atomic E-state index is 0.0834. The first-order chi connectivity index (χ1) is 8.38. The van der Waals surface area contributed by atoms with Crippen molar-refractivity contribution in [3.05, 3.63) is 53.1 Å². The second-order valence-electron chi connectivity index (χ2n) is 3.81. The van der Waals surface area contributed by atoms with Crippen LogP contribution in [0.2, 0.25) is 5.02 Å². The number of halogens is 4. The largest absolute Gasteiger partial charge is 0.417 e. The fourth-order valence-electron chi connectivity index (χ4n) is 1.68. The molecule has 94 valence electrons. The molecule has 0 saturated heterocycles. The lowest BCUT2D eigenvalue weighted by Crippen LogP contribution is -2.08. The van der Waals surface area contributed by atoms with E-state index in [1.165, 1.54) is 12.1 Å². The van der Waals surface area contributed by atoms with Crippen LogP contribution >= 0.6 is 11.6 Å². The lowest BCUT2D eigenvalue weighted by atomic mass is 9.99. The fraction of sp³-hybridized carbons (Fsp3) is 0.0769. The summed E-state index contributed by atoms with van der Waals surface area (Å²) in [6, 6.07) is 9.93. The second-order valence-corrected chi connectivity index (χ2v) is 4.25. The Morgan fingerprint density at radius 2 is 1.56 bits per heavy atom. The maximum absolute atomic E-state index is 12.9. The van der Waals surface area contributed by atoms with Crippen molar-refractivity contribution in [3.63, 3.8) is 0 Å². The number of benzene rings is 2. The Balaban J connectivity index is 2.60. The average Bonchev–Trinajstić information content (AvgIpc) is 2.29. The summed E-state index contributed by atoms with van der Waals surface area (Å²) < 4.78 is 38.7. The zero-order valence-corrected chi connectivity index (χ0v) is 9.89. The zero-order valence-electron chi connectivity index (χ0n) is 9.13. The van der Waals surface area contributed by atoms with E-state index < -0.39 is 11.7 Å². The van der Waals surface area contributed by atoms with Crippen LogP contribution in [0.4, 0.5) is 18.9 Å². The van der Waals surface area contributed by atoms with Crippen molar-refractivity contribution in [2.45, 2.75) is 6.18 Å². The van der Waals surface area contributed by atoms with Crippen molar-refractivity contribution in [1.29, 1.82) is 0 Å². The average molecular weight is 272 g/mol. The van der Waals surface area contributed by atoms with Gasteiger partial charge in [-0.3, -0.25) is 0 Å². The van der Waals surface area contributed by atoms with Crippen LogP contribution in [0.1, 0.15) is 5.56 Å². The van der Waals surface area contributed by atoms with E-state index in [4.69, 9.17) is 17.3 Å². The van der Waals surface area contributed by atoms with Crippen molar-refractivity contribution in [2.75, 3.05) is 5.73 Å². The van der Waals surface area contributed by atoms with E-state index in [-0.39, 0.29) is 11.3 Å². The molecule has 1 nitrogen and oxygen atoms in total. The summed E-state index contributed by atoms with van der Waals surface area (Å²) >= 11 is 5.71. The second kappa shape index (κ2) is 4.53. The first kappa shape index (κ1) is 12.8. The van der Waals surface area contributed by atoms with E-state index in [0.717, 1.165) is 6.07 Å². The molecule has 0 heterocycles. The molecule has 2 N–H and O–H groups in total. The quantitative estimate of drug-likeness (QED) is 0.753. The predicted molar refractivity (Wildman–Crippen MR) is 66.3 cm³/mol. The van der Waals surface area contributed by atoms with Gasteiger partial charge in [-0.05, 0) is 35.4 Å². The Hall–Kier alpha value is -1.68. The van der Waals surface area contributed by atoms with Crippen molar-refractivity contribution < 1.29 is 13.2 Å². The van der Waals surface area contributed by atoms with Gasteiger partial charge in [0.15, 0.2) is 0 Å². The molecule has 0 aliphatic rings. The Kier molecular flexibility index (Phi) is 3.22. The molecule has 5 heteroatoms. The van der Waals surface area contributed by atoms with Crippen molar-refractivity contribution >= 4 is 17.3 Å². The zero-order chi connectivity index (χ0) is 13.3. The van der Waals surface area contributed by atoms with Crippen LogP contribution in [-0.2, 0) is 6.18 Å². The lowest BCUT2D eigenvalue weighted by molar-refractivity contribution is -0.137. The van der Waals surface area contributed by atoms with E-state index in [1.54, 1.807) is 24.3 Å². The predicted octanol–water partition coefficient (Wildman–Crippen LogP) is 4.61. The molecule has 0 bridgehead atoms. The summed E-state index contributed by atoms with van der Waals surface area (Å²) in [7, 11) is 0. The Morgan fingerprint density at radius 3 is 2.11 bits per heavy atom. The molecule has 0 unspecified atom stereocenters. The Bertz CT molecular complexity index is 561. The van der Waals surface area contributed by atoms with Gasteiger partial charge in [0.05, 0.1) is 5.56 Å². The highest BCUT2D eigenvalue weighted by molar-refractivity contribution is 6.30. The molecule has 0 saturated carbocycles. The highest BCUT2D eigenvalue weighted by atomic mass is 35.5. The van der Waals surface area contributed by atoms with E-state index in [1.807, 2.05) is 0 Å². The number of rotatable bonds is 1. The number of hydrogen-bond donors (Lipinski definition) is 1. The molecule has 2 aromatic rings. The van der Waals surface area contributed by atoms with Gasteiger partial charge in [-0.1, -0.05) is 29.8 Å². The summed E-state index contributed by atoms with van der Waals surface area (Å²) in [6.07, 6.45) is -4.44. The fourth-order valence-corrected chi connectivity index (χ4v) is 1.80. The molecule has 0 fully saturated rings. The van der Waals surface area contributed by atoms with Crippen LogP contribution in [0.25, 0.3) is 11.1 Å². The standard InChI is InChI=1S/C13H9ClF3N/c14-9-3-1-8(2-4-9)11-6-5-10(18)7-12(11)13(15,16)17/h1-7H,18H2. The van der Waals surface area contributed by atoms with E-state index in [9.17, 15) is 13.2 Å². The van der Waals surface area contributed by atoms with Gasteiger partial charge in [0.2, 0.25) is 0 Å². The van der Waals surface area contributed by atoms with Gasteiger partial charge in [0.25, 0.3) is 0 Å². The third-order valence-corrected chi connectivity index (χ3v) is 2.76. The first-order valence-corrected chi connectivity index (χ1v) is 5.48. The van der Waals surface area contributed by atoms with Gasteiger partial charge >= 0.3 is 6.18 Å². The number of anilines is 1. The van der Waals surface area contributed by atoms with Gasteiger partial charge in [-0.25, -0.2) is 0 Å². The molecule has 0 aliphatic carbocycles. The van der Waals surface area contributed by atoms with Crippen molar-refractivity contribution in [3.8, 4) is 11.1 Å². The first-order valence-electron chi connectivity index (χ1n) is 5.10. The number of nitrogen functional groups attached to an aromatic ring is 1. The van der Waals surface area contributed by atoms with Crippen LogP contribution in [0, 0.1) is 0 Å². The molecule has 2 rings (SSSR count). The topological polar surface area (TPSA) is 26.0 Å². The van der Waals surface area contributed by atoms with Gasteiger partial charge in [-0.2, -0.15) is 13.2 Å². The maximum Gasteiger partial charge on any atom is 0.417 e. The Labute approximate surface area is 107 Å². The molecule has 2 aromatic carbocycles. The van der Waals surface area contributed by atoms with Gasteiger partial charge in [0.1, 0.15) is 0 Å². The van der Waals surface area contributed by atoms with Crippen LogP contribution in [0.3, 0.4) is 0 Å².